The van der Waals surface area contributed by atoms with E-state index in [1.165, 1.54) is 31.5 Å². The first-order valence-electron chi connectivity index (χ1n) is 10.5. The van der Waals surface area contributed by atoms with Crippen molar-refractivity contribution < 1.29 is 65.5 Å². The van der Waals surface area contributed by atoms with Gasteiger partial charge in [0.15, 0.2) is 0 Å². The van der Waals surface area contributed by atoms with Gasteiger partial charge in [0.05, 0.1) is 13.7 Å². The second-order valence-electron chi connectivity index (χ2n) is 7.61. The van der Waals surface area contributed by atoms with Crippen LogP contribution in [0.25, 0.3) is 0 Å². The van der Waals surface area contributed by atoms with Gasteiger partial charge in [0.2, 0.25) is 0 Å². The minimum absolute atomic E-state index is 0.0640. The van der Waals surface area contributed by atoms with Gasteiger partial charge in [-0.25, -0.2) is 24.4 Å². The molecule has 3 rings (SSSR count). The maximum Gasteiger partial charge on any atom is 0.490 e. The van der Waals surface area contributed by atoms with Crippen LogP contribution >= 0.6 is 23.5 Å². The smallest absolute Gasteiger partial charge is 0.490 e. The fraction of sp³-hybridized carbons (Fsp3) is 0.353. The number of hydrogen-bond acceptors (Lipinski definition) is 13. The zero-order valence-corrected chi connectivity index (χ0v) is 22.4. The molecule has 39 heavy (non-hydrogen) atoms. The van der Waals surface area contributed by atoms with Crippen LogP contribution in [0.5, 0.6) is 5.75 Å². The summed E-state index contributed by atoms with van der Waals surface area (Å²) in [6.07, 6.45) is -2.16. The number of hydrogen-bond donors (Lipinski definition) is 6. The van der Waals surface area contributed by atoms with Crippen LogP contribution in [0.2, 0.25) is 0 Å². The molecule has 7 N–H and O–H groups in total. The summed E-state index contributed by atoms with van der Waals surface area (Å²) in [5, 5.41) is 2.47. The summed E-state index contributed by atoms with van der Waals surface area (Å²) in [5.41, 5.74) is -0.570. The van der Waals surface area contributed by atoms with E-state index in [2.05, 4.69) is 23.4 Å². The first kappa shape index (κ1) is 31.2. The van der Waals surface area contributed by atoms with Crippen LogP contribution in [0.15, 0.2) is 41.3 Å². The highest BCUT2D eigenvalue weighted by molar-refractivity contribution is 7.66. The Kier molecular flexibility index (Phi) is 9.96. The topological polar surface area (TPSA) is 278 Å². The second kappa shape index (κ2) is 12.4. The van der Waals surface area contributed by atoms with E-state index in [-0.39, 0.29) is 17.8 Å². The van der Waals surface area contributed by atoms with Crippen molar-refractivity contribution in [3.05, 3.63) is 52.6 Å². The van der Waals surface area contributed by atoms with Gasteiger partial charge < -0.3 is 34.4 Å². The van der Waals surface area contributed by atoms with Crippen molar-refractivity contribution >= 4 is 35.2 Å². The maximum atomic E-state index is 12.6. The summed E-state index contributed by atoms with van der Waals surface area (Å²) in [5.74, 6) is 5.16. The number of nitrogens with zero attached hydrogens (tertiary/aromatic N) is 2. The number of aromatic nitrogens is 2. The van der Waals surface area contributed by atoms with E-state index in [9.17, 15) is 33.1 Å². The molecule has 216 valence electrons. The third-order valence-corrected chi connectivity index (χ3v) is 8.71. The molecule has 5 atom stereocenters. The molecule has 1 aromatic carbocycles. The average molecular weight is 616 g/mol. The third-order valence-electron chi connectivity index (χ3n) is 4.91. The lowest BCUT2D eigenvalue weighted by Crippen LogP contribution is -2.31. The number of carbonyl (C=O) groups is 1. The minimum atomic E-state index is -5.71. The number of benzene rings is 1. The standard InChI is InChI=1S/C17H23N4O15P3/c1-31-11-4-2-10(3-5-11)16(22)19-14-6-7-21(17(23)20-14)15-8-12(34-18)13(33-15)9-32-38(27,28)36-39(29,30)35-37(24,25)26/h2-7,12-13,15H,8-9,18H2,1H3,(H,27,28)(H,29,30)(H2,24,25,26)(H,19,20,22,23)/t12-,13-,15-/m1/s1. The van der Waals surface area contributed by atoms with Crippen molar-refractivity contribution in [1.82, 2.24) is 9.55 Å². The molecule has 22 heteroatoms. The van der Waals surface area contributed by atoms with Crippen LogP contribution in [0, 0.1) is 0 Å². The molecule has 0 aliphatic carbocycles. The third kappa shape index (κ3) is 9.09. The van der Waals surface area contributed by atoms with Crippen LogP contribution in [0.3, 0.4) is 0 Å². The average Bonchev–Trinajstić information content (AvgIpc) is 3.23. The van der Waals surface area contributed by atoms with Crippen LogP contribution in [0.1, 0.15) is 23.0 Å². The quantitative estimate of drug-likeness (QED) is 0.139. The minimum Gasteiger partial charge on any atom is -0.497 e. The second-order valence-corrected chi connectivity index (χ2v) is 12.0. The molecule has 0 spiro atoms. The fourth-order valence-electron chi connectivity index (χ4n) is 3.27. The van der Waals surface area contributed by atoms with Crippen molar-refractivity contribution in [3.63, 3.8) is 0 Å². The first-order chi connectivity index (χ1) is 18.1. The van der Waals surface area contributed by atoms with Gasteiger partial charge in [0, 0.05) is 18.2 Å². The van der Waals surface area contributed by atoms with Crippen molar-refractivity contribution in [2.75, 3.05) is 19.0 Å². The lowest BCUT2D eigenvalue weighted by atomic mass is 10.2. The first-order valence-corrected chi connectivity index (χ1v) is 15.0. The Labute approximate surface area is 218 Å². The van der Waals surface area contributed by atoms with Gasteiger partial charge in [-0.2, -0.15) is 13.6 Å². The zero-order valence-electron chi connectivity index (χ0n) is 19.7. The summed E-state index contributed by atoms with van der Waals surface area (Å²) >= 11 is 0. The Morgan fingerprint density at radius 2 is 1.79 bits per heavy atom. The van der Waals surface area contributed by atoms with Crippen molar-refractivity contribution in [2.45, 2.75) is 24.9 Å². The summed E-state index contributed by atoms with van der Waals surface area (Å²) < 4.78 is 57.5. The van der Waals surface area contributed by atoms with Crippen LogP contribution < -0.4 is 21.6 Å². The van der Waals surface area contributed by atoms with Gasteiger partial charge in [0.25, 0.3) is 5.91 Å². The Morgan fingerprint density at radius 3 is 2.36 bits per heavy atom. The molecule has 2 unspecified atom stereocenters. The highest BCUT2D eigenvalue weighted by atomic mass is 31.3. The van der Waals surface area contributed by atoms with E-state index in [4.69, 9.17) is 30.0 Å². The van der Waals surface area contributed by atoms with Crippen molar-refractivity contribution in [1.29, 1.82) is 0 Å². The molecule has 1 saturated heterocycles. The van der Waals surface area contributed by atoms with E-state index in [1.807, 2.05) is 0 Å². The Morgan fingerprint density at radius 1 is 1.13 bits per heavy atom. The molecule has 19 nitrogen and oxygen atoms in total. The number of amides is 1. The van der Waals surface area contributed by atoms with Crippen molar-refractivity contribution in [2.24, 2.45) is 5.90 Å². The van der Waals surface area contributed by atoms with Gasteiger partial charge in [-0.1, -0.05) is 0 Å². The molecule has 1 fully saturated rings. The molecule has 0 saturated carbocycles. The lowest BCUT2D eigenvalue weighted by Gasteiger charge is -2.20. The lowest BCUT2D eigenvalue weighted by molar-refractivity contribution is -0.0618. The molecular formula is C17H23N4O15P3. The van der Waals surface area contributed by atoms with Crippen LogP contribution in [-0.2, 0) is 36.4 Å². The number of ether oxygens (including phenoxy) is 2. The molecule has 1 aliphatic heterocycles. The summed E-state index contributed by atoms with van der Waals surface area (Å²) in [4.78, 5) is 69.4. The Bertz CT molecular complexity index is 1380. The number of anilines is 1. The highest BCUT2D eigenvalue weighted by Crippen LogP contribution is 2.66. The molecule has 2 heterocycles. The number of nitrogens with one attached hydrogen (secondary N) is 1. The molecule has 0 bridgehead atoms. The van der Waals surface area contributed by atoms with Gasteiger partial charge in [-0.15, -0.1) is 0 Å². The largest absolute Gasteiger partial charge is 0.497 e. The summed E-state index contributed by atoms with van der Waals surface area (Å²) in [7, 11) is -15.2. The summed E-state index contributed by atoms with van der Waals surface area (Å²) in [6, 6.07) is 7.49. The number of phosphoric acid groups is 3. The highest BCUT2D eigenvalue weighted by Gasteiger charge is 2.43. The normalized spacial score (nSPS) is 22.6. The van der Waals surface area contributed by atoms with E-state index >= 15 is 0 Å². The molecule has 1 aromatic heterocycles. The monoisotopic (exact) mass is 616 g/mol. The summed E-state index contributed by atoms with van der Waals surface area (Å²) in [6.45, 7) is -0.847. The maximum absolute atomic E-state index is 12.6. The number of methoxy groups -OCH3 is 1. The van der Waals surface area contributed by atoms with E-state index in [0.717, 1.165) is 4.57 Å². The van der Waals surface area contributed by atoms with E-state index in [1.54, 1.807) is 12.1 Å². The van der Waals surface area contributed by atoms with E-state index in [0.29, 0.717) is 5.75 Å². The zero-order chi connectivity index (χ0) is 29.0. The molecule has 2 aromatic rings. The number of phosphoric ester groups is 1. The molecule has 1 amide bonds. The fourth-order valence-corrected chi connectivity index (χ4v) is 6.30. The Balaban J connectivity index is 1.63. The van der Waals surface area contributed by atoms with Crippen LogP contribution in [-0.4, -0.2) is 61.0 Å². The van der Waals surface area contributed by atoms with Crippen LogP contribution in [0.4, 0.5) is 5.82 Å². The predicted molar refractivity (Wildman–Crippen MR) is 127 cm³/mol. The van der Waals surface area contributed by atoms with Gasteiger partial charge >= 0.3 is 29.2 Å². The predicted octanol–water partition coefficient (Wildman–Crippen LogP) is 0.394. The van der Waals surface area contributed by atoms with Gasteiger partial charge in [0.1, 0.15) is 30.0 Å². The number of rotatable bonds is 12. The number of carbonyl (C=O) groups excluding carboxylic acids is 1. The SMILES string of the molecule is COc1ccc(C(=O)Nc2ccn([C@H]3C[C@@H](ON)[C@@H](COP(=O)(O)OP(=O)(O)OP(=O)(O)O)O3)c(=O)n2)cc1. The van der Waals surface area contributed by atoms with Crippen molar-refractivity contribution in [3.8, 4) is 5.75 Å². The Hall–Kier alpha value is -2.34. The number of nitrogens with two attached hydrogens (primary N) is 1. The van der Waals surface area contributed by atoms with Gasteiger partial charge in [-0.05, 0) is 30.3 Å². The molecule has 1 aliphatic rings. The molecule has 0 radical (unpaired) electrons. The molecular weight excluding hydrogens is 593 g/mol. The van der Waals surface area contributed by atoms with Gasteiger partial charge in [-0.3, -0.25) is 18.7 Å². The van der Waals surface area contributed by atoms with E-state index < -0.39 is 60.1 Å².